The molecule has 0 aliphatic carbocycles. The number of hydrogen-bond acceptors (Lipinski definition) is 3. The second kappa shape index (κ2) is 7.19. The first kappa shape index (κ1) is 14.9. The molecule has 0 spiro atoms. The molecule has 0 aliphatic heterocycles. The van der Waals surface area contributed by atoms with Crippen molar-refractivity contribution in [3.05, 3.63) is 35.6 Å². The van der Waals surface area contributed by atoms with E-state index in [9.17, 15) is 9.18 Å². The Morgan fingerprint density at radius 2 is 2.12 bits per heavy atom. The van der Waals surface area contributed by atoms with Crippen molar-refractivity contribution < 1.29 is 13.9 Å². The van der Waals surface area contributed by atoms with Gasteiger partial charge < -0.3 is 10.5 Å². The average Bonchev–Trinajstić information content (AvgIpc) is 2.21. The fourth-order valence-electron chi connectivity index (χ4n) is 1.32. The fourth-order valence-corrected chi connectivity index (χ4v) is 1.32. The number of nitrogens with two attached hydrogens (primary N) is 1. The van der Waals surface area contributed by atoms with Gasteiger partial charge in [-0.25, -0.2) is 4.39 Å². The molecule has 0 aromatic heterocycles. The molecule has 3 nitrogen and oxygen atoms in total. The third-order valence-electron chi connectivity index (χ3n) is 2.10. The largest absolute Gasteiger partial charge is 0.469 e. The molecule has 1 aromatic carbocycles. The van der Waals surface area contributed by atoms with Crippen LogP contribution < -0.4 is 5.73 Å². The van der Waals surface area contributed by atoms with Crippen LogP contribution >= 0.6 is 12.4 Å². The molecule has 0 amide bonds. The van der Waals surface area contributed by atoms with Gasteiger partial charge in [0.15, 0.2) is 0 Å². The van der Waals surface area contributed by atoms with Crippen LogP contribution in [0.15, 0.2) is 24.3 Å². The lowest BCUT2D eigenvalue weighted by Gasteiger charge is -2.10. The zero-order valence-electron chi connectivity index (χ0n) is 8.98. The fraction of sp³-hybridized carbons (Fsp3) is 0.364. The highest BCUT2D eigenvalue weighted by Gasteiger charge is 2.12. The third kappa shape index (κ3) is 4.59. The Bertz CT molecular complexity index is 347. The van der Waals surface area contributed by atoms with Gasteiger partial charge in [-0.05, 0) is 18.1 Å². The number of carbonyl (C=O) groups excluding carboxylic acids is 1. The van der Waals surface area contributed by atoms with E-state index in [1.807, 2.05) is 0 Å². The quantitative estimate of drug-likeness (QED) is 0.824. The monoisotopic (exact) mass is 247 g/mol. The molecule has 0 saturated heterocycles. The molecule has 2 N–H and O–H groups in total. The van der Waals surface area contributed by atoms with Crippen LogP contribution in [0.4, 0.5) is 4.39 Å². The molecule has 1 atom stereocenters. The minimum absolute atomic E-state index is 0. The van der Waals surface area contributed by atoms with Crippen molar-refractivity contribution in [2.45, 2.75) is 18.9 Å². The first-order chi connectivity index (χ1) is 7.13. The number of ether oxygens (including phenoxy) is 1. The molecule has 16 heavy (non-hydrogen) atoms. The Morgan fingerprint density at radius 1 is 1.50 bits per heavy atom. The number of carbonyl (C=O) groups is 1. The SMILES string of the molecule is COC(=O)C[C@H](N)Cc1ccccc1F.Cl. The number of benzene rings is 1. The second-order valence-electron chi connectivity index (χ2n) is 3.34. The van der Waals surface area contributed by atoms with Gasteiger partial charge in [-0.3, -0.25) is 4.79 Å². The lowest BCUT2D eigenvalue weighted by molar-refractivity contribution is -0.140. The van der Waals surface area contributed by atoms with Crippen molar-refractivity contribution in [1.82, 2.24) is 0 Å². The topological polar surface area (TPSA) is 52.3 Å². The Labute approximate surface area is 100 Å². The highest BCUT2D eigenvalue weighted by atomic mass is 35.5. The molecule has 90 valence electrons. The van der Waals surface area contributed by atoms with Gasteiger partial charge in [0.1, 0.15) is 5.82 Å². The summed E-state index contributed by atoms with van der Waals surface area (Å²) in [6.45, 7) is 0. The lowest BCUT2D eigenvalue weighted by atomic mass is 10.0. The number of hydrogen-bond donors (Lipinski definition) is 1. The summed E-state index contributed by atoms with van der Waals surface area (Å²) in [5.41, 5.74) is 6.21. The van der Waals surface area contributed by atoms with Gasteiger partial charge in [0.25, 0.3) is 0 Å². The first-order valence-electron chi connectivity index (χ1n) is 4.69. The van der Waals surface area contributed by atoms with Gasteiger partial charge in [-0.2, -0.15) is 0 Å². The molecule has 0 aliphatic rings. The number of rotatable bonds is 4. The molecule has 0 heterocycles. The van der Waals surface area contributed by atoms with E-state index in [1.54, 1.807) is 18.2 Å². The van der Waals surface area contributed by atoms with Crippen molar-refractivity contribution in [3.63, 3.8) is 0 Å². The van der Waals surface area contributed by atoms with Crippen LogP contribution in [-0.2, 0) is 16.0 Å². The van der Waals surface area contributed by atoms with Gasteiger partial charge in [-0.15, -0.1) is 12.4 Å². The maximum absolute atomic E-state index is 13.2. The normalized spacial score (nSPS) is 11.4. The minimum Gasteiger partial charge on any atom is -0.469 e. The Balaban J connectivity index is 0.00000225. The second-order valence-corrected chi connectivity index (χ2v) is 3.34. The maximum atomic E-state index is 13.2. The molecular weight excluding hydrogens is 233 g/mol. The summed E-state index contributed by atoms with van der Waals surface area (Å²) in [5, 5.41) is 0. The van der Waals surface area contributed by atoms with Crippen molar-refractivity contribution >= 4 is 18.4 Å². The summed E-state index contributed by atoms with van der Waals surface area (Å²) in [6, 6.07) is 5.98. The van der Waals surface area contributed by atoms with Crippen molar-refractivity contribution in [2.75, 3.05) is 7.11 Å². The van der Waals surface area contributed by atoms with E-state index in [0.29, 0.717) is 12.0 Å². The lowest BCUT2D eigenvalue weighted by Crippen LogP contribution is -2.27. The smallest absolute Gasteiger partial charge is 0.307 e. The minimum atomic E-state index is -0.408. The van der Waals surface area contributed by atoms with Crippen LogP contribution in [0.5, 0.6) is 0 Å². The van der Waals surface area contributed by atoms with Crippen LogP contribution in [0.2, 0.25) is 0 Å². The van der Waals surface area contributed by atoms with Gasteiger partial charge in [0.05, 0.1) is 13.5 Å². The molecule has 0 bridgehead atoms. The summed E-state index contributed by atoms with van der Waals surface area (Å²) in [5.74, 6) is -0.670. The summed E-state index contributed by atoms with van der Waals surface area (Å²) in [4.78, 5) is 10.9. The zero-order chi connectivity index (χ0) is 11.3. The van der Waals surface area contributed by atoms with Gasteiger partial charge >= 0.3 is 5.97 Å². The predicted octanol–water partition coefficient (Wildman–Crippen LogP) is 1.68. The first-order valence-corrected chi connectivity index (χ1v) is 4.69. The van der Waals surface area contributed by atoms with E-state index in [4.69, 9.17) is 5.73 Å². The van der Waals surface area contributed by atoms with Crippen LogP contribution in [0.3, 0.4) is 0 Å². The molecule has 0 unspecified atom stereocenters. The molecule has 5 heteroatoms. The summed E-state index contributed by atoms with van der Waals surface area (Å²) >= 11 is 0. The van der Waals surface area contributed by atoms with Gasteiger partial charge in [0.2, 0.25) is 0 Å². The Kier molecular flexibility index (Phi) is 6.69. The maximum Gasteiger partial charge on any atom is 0.307 e. The van der Waals surface area contributed by atoms with Crippen molar-refractivity contribution in [2.24, 2.45) is 5.73 Å². The molecule has 1 aromatic rings. The van der Waals surface area contributed by atoms with Crippen LogP contribution in [-0.4, -0.2) is 19.1 Å². The van der Waals surface area contributed by atoms with Crippen molar-refractivity contribution in [3.8, 4) is 0 Å². The number of esters is 1. The average molecular weight is 248 g/mol. The molecule has 0 fully saturated rings. The van der Waals surface area contributed by atoms with E-state index < -0.39 is 6.04 Å². The third-order valence-corrected chi connectivity index (χ3v) is 2.10. The zero-order valence-corrected chi connectivity index (χ0v) is 9.80. The van der Waals surface area contributed by atoms with Gasteiger partial charge in [0, 0.05) is 6.04 Å². The van der Waals surface area contributed by atoms with Crippen LogP contribution in [0.1, 0.15) is 12.0 Å². The Morgan fingerprint density at radius 3 is 2.69 bits per heavy atom. The standard InChI is InChI=1S/C11H14FNO2.ClH/c1-15-11(14)7-9(13)6-8-4-2-3-5-10(8)12;/h2-5,9H,6-7,13H2,1H3;1H/t9-;/m1./s1. The van der Waals surface area contributed by atoms with E-state index in [0.717, 1.165) is 0 Å². The Hall–Kier alpha value is -1.13. The molecule has 0 radical (unpaired) electrons. The van der Waals surface area contributed by atoms with E-state index in [2.05, 4.69) is 4.74 Å². The van der Waals surface area contributed by atoms with E-state index in [1.165, 1.54) is 13.2 Å². The number of halogens is 2. The molecular formula is C11H15ClFNO2. The number of methoxy groups -OCH3 is 1. The molecule has 0 saturated carbocycles. The summed E-state index contributed by atoms with van der Waals surface area (Å²) in [7, 11) is 1.30. The highest BCUT2D eigenvalue weighted by Crippen LogP contribution is 2.09. The van der Waals surface area contributed by atoms with Crippen molar-refractivity contribution in [1.29, 1.82) is 0 Å². The van der Waals surface area contributed by atoms with E-state index in [-0.39, 0.29) is 30.6 Å². The summed E-state index contributed by atoms with van der Waals surface area (Å²) < 4.78 is 17.7. The highest BCUT2D eigenvalue weighted by molar-refractivity contribution is 5.85. The van der Waals surface area contributed by atoms with Gasteiger partial charge in [-0.1, -0.05) is 18.2 Å². The molecule has 1 rings (SSSR count). The predicted molar refractivity (Wildman–Crippen MR) is 62.0 cm³/mol. The summed E-state index contributed by atoms with van der Waals surface area (Å²) in [6.07, 6.45) is 0.437. The van der Waals surface area contributed by atoms with Crippen LogP contribution in [0.25, 0.3) is 0 Å². The van der Waals surface area contributed by atoms with Crippen LogP contribution in [0, 0.1) is 5.82 Å². The van der Waals surface area contributed by atoms with E-state index >= 15 is 0 Å².